The number of nitrogens with one attached hydrogen (secondary N) is 2. The van der Waals surface area contributed by atoms with E-state index in [2.05, 4.69) is 46.5 Å². The number of hydrogen-bond donors (Lipinski definition) is 2. The molecule has 0 amide bonds. The molecular weight excluding hydrogens is 290 g/mol. The van der Waals surface area contributed by atoms with Gasteiger partial charge in [-0.2, -0.15) is 4.98 Å². The van der Waals surface area contributed by atoms with Crippen LogP contribution in [0.5, 0.6) is 0 Å². The minimum Gasteiger partial charge on any atom is -0.356 e. The van der Waals surface area contributed by atoms with Gasteiger partial charge in [0.2, 0.25) is 5.89 Å². The molecule has 0 radical (unpaired) electrons. The van der Waals surface area contributed by atoms with Gasteiger partial charge in [0.05, 0.1) is 0 Å². The molecule has 0 atom stereocenters. The van der Waals surface area contributed by atoms with Crippen LogP contribution in [0.25, 0.3) is 0 Å². The summed E-state index contributed by atoms with van der Waals surface area (Å²) in [5.41, 5.74) is 0. The van der Waals surface area contributed by atoms with E-state index in [1.54, 1.807) is 0 Å². The molecule has 23 heavy (non-hydrogen) atoms. The number of guanidine groups is 1. The number of hydrogen-bond acceptors (Lipinski definition) is 4. The number of rotatable bonds is 6. The molecule has 0 aliphatic heterocycles. The molecule has 2 N–H and O–H groups in total. The van der Waals surface area contributed by atoms with Crippen molar-refractivity contribution in [3.63, 3.8) is 0 Å². The zero-order valence-electron chi connectivity index (χ0n) is 14.9. The maximum Gasteiger partial charge on any atom is 0.228 e. The molecule has 0 spiro atoms. The highest BCUT2D eigenvalue weighted by Crippen LogP contribution is 2.26. The van der Waals surface area contributed by atoms with Gasteiger partial charge >= 0.3 is 0 Å². The van der Waals surface area contributed by atoms with Crippen molar-refractivity contribution in [3.05, 3.63) is 11.7 Å². The van der Waals surface area contributed by atoms with E-state index in [4.69, 9.17) is 4.52 Å². The Hall–Kier alpha value is -1.59. The standard InChI is InChI=1S/C17H31N5O/c1-5-13-6-8-14(9-7-13)20-17(18-4)19-11-10-15-21-16(12(2)3)22-23-15/h12-14H,5-11H2,1-4H3,(H2,18,19,20). The monoisotopic (exact) mass is 321 g/mol. The van der Waals surface area contributed by atoms with Crippen LogP contribution in [0.3, 0.4) is 0 Å². The topological polar surface area (TPSA) is 75.3 Å². The minimum atomic E-state index is 0.299. The Bertz CT molecular complexity index is 489. The first-order valence-electron chi connectivity index (χ1n) is 8.92. The van der Waals surface area contributed by atoms with Gasteiger partial charge in [-0.1, -0.05) is 32.3 Å². The first kappa shape index (κ1) is 17.8. The van der Waals surface area contributed by atoms with E-state index in [1.165, 1.54) is 32.1 Å². The highest BCUT2D eigenvalue weighted by Gasteiger charge is 2.20. The minimum absolute atomic E-state index is 0.299. The number of nitrogens with zero attached hydrogens (tertiary/aromatic N) is 3. The Labute approximate surface area is 139 Å². The van der Waals surface area contributed by atoms with Crippen LogP contribution < -0.4 is 10.6 Å². The summed E-state index contributed by atoms with van der Waals surface area (Å²) in [4.78, 5) is 8.70. The third-order valence-electron chi connectivity index (χ3n) is 4.62. The average molecular weight is 321 g/mol. The molecule has 130 valence electrons. The SMILES string of the molecule is CCC1CCC(NC(=NC)NCCc2nc(C(C)C)no2)CC1. The molecule has 1 heterocycles. The van der Waals surface area contributed by atoms with E-state index >= 15 is 0 Å². The number of aliphatic imine (C=N–C) groups is 1. The second-order valence-electron chi connectivity index (χ2n) is 6.72. The molecule has 1 aliphatic carbocycles. The van der Waals surface area contributed by atoms with Crippen molar-refractivity contribution in [2.75, 3.05) is 13.6 Å². The van der Waals surface area contributed by atoms with E-state index in [0.717, 1.165) is 24.2 Å². The summed E-state index contributed by atoms with van der Waals surface area (Å²) in [6.45, 7) is 7.16. The molecule has 0 saturated heterocycles. The fourth-order valence-corrected chi connectivity index (χ4v) is 2.99. The van der Waals surface area contributed by atoms with Crippen LogP contribution in [0, 0.1) is 5.92 Å². The third kappa shape index (κ3) is 5.52. The zero-order chi connectivity index (χ0) is 16.7. The fraction of sp³-hybridized carbons (Fsp3) is 0.824. The first-order valence-corrected chi connectivity index (χ1v) is 8.92. The van der Waals surface area contributed by atoms with Crippen LogP contribution in [0.4, 0.5) is 0 Å². The predicted molar refractivity (Wildman–Crippen MR) is 92.6 cm³/mol. The van der Waals surface area contributed by atoms with Crippen molar-refractivity contribution in [2.24, 2.45) is 10.9 Å². The van der Waals surface area contributed by atoms with Gasteiger partial charge < -0.3 is 15.2 Å². The lowest BCUT2D eigenvalue weighted by Gasteiger charge is -2.29. The molecule has 0 aromatic carbocycles. The number of aromatic nitrogens is 2. The van der Waals surface area contributed by atoms with Crippen LogP contribution in [-0.2, 0) is 6.42 Å². The summed E-state index contributed by atoms with van der Waals surface area (Å²) in [5, 5.41) is 10.9. The third-order valence-corrected chi connectivity index (χ3v) is 4.62. The summed E-state index contributed by atoms with van der Waals surface area (Å²) in [6.07, 6.45) is 7.14. The van der Waals surface area contributed by atoms with Gasteiger partial charge in [0.1, 0.15) is 0 Å². The molecule has 1 saturated carbocycles. The Morgan fingerprint density at radius 1 is 1.30 bits per heavy atom. The molecule has 2 rings (SSSR count). The Kier molecular flexibility index (Phi) is 6.86. The van der Waals surface area contributed by atoms with Crippen molar-refractivity contribution >= 4 is 5.96 Å². The molecular formula is C17H31N5O. The quantitative estimate of drug-likeness (QED) is 0.622. The van der Waals surface area contributed by atoms with Crippen molar-refractivity contribution in [3.8, 4) is 0 Å². The maximum absolute atomic E-state index is 5.25. The highest BCUT2D eigenvalue weighted by atomic mass is 16.5. The van der Waals surface area contributed by atoms with Crippen LogP contribution >= 0.6 is 0 Å². The van der Waals surface area contributed by atoms with E-state index in [9.17, 15) is 0 Å². The molecule has 1 fully saturated rings. The van der Waals surface area contributed by atoms with Gasteiger partial charge in [-0.25, -0.2) is 0 Å². The normalized spacial score (nSPS) is 22.4. The van der Waals surface area contributed by atoms with Gasteiger partial charge in [-0.15, -0.1) is 0 Å². The molecule has 0 unspecified atom stereocenters. The smallest absolute Gasteiger partial charge is 0.228 e. The highest BCUT2D eigenvalue weighted by molar-refractivity contribution is 5.79. The lowest BCUT2D eigenvalue weighted by Crippen LogP contribution is -2.45. The largest absolute Gasteiger partial charge is 0.356 e. The zero-order valence-corrected chi connectivity index (χ0v) is 14.9. The van der Waals surface area contributed by atoms with Crippen molar-refractivity contribution in [2.45, 2.75) is 71.3 Å². The molecule has 1 aliphatic rings. The van der Waals surface area contributed by atoms with E-state index in [1.807, 2.05) is 7.05 Å². The van der Waals surface area contributed by atoms with E-state index < -0.39 is 0 Å². The lowest BCUT2D eigenvalue weighted by molar-refractivity contribution is 0.304. The van der Waals surface area contributed by atoms with Crippen LogP contribution in [0.2, 0.25) is 0 Å². The predicted octanol–water partition coefficient (Wildman–Crippen LogP) is 2.87. The Morgan fingerprint density at radius 2 is 2.04 bits per heavy atom. The summed E-state index contributed by atoms with van der Waals surface area (Å²) >= 11 is 0. The second-order valence-corrected chi connectivity index (χ2v) is 6.72. The molecule has 6 nitrogen and oxygen atoms in total. The van der Waals surface area contributed by atoms with E-state index in [0.29, 0.717) is 24.3 Å². The summed E-state index contributed by atoms with van der Waals surface area (Å²) in [6, 6.07) is 0.542. The van der Waals surface area contributed by atoms with Crippen molar-refractivity contribution in [1.82, 2.24) is 20.8 Å². The summed E-state index contributed by atoms with van der Waals surface area (Å²) < 4.78 is 5.25. The summed E-state index contributed by atoms with van der Waals surface area (Å²) in [5.74, 6) is 3.53. The lowest BCUT2D eigenvalue weighted by atomic mass is 9.84. The van der Waals surface area contributed by atoms with E-state index in [-0.39, 0.29) is 0 Å². The maximum atomic E-state index is 5.25. The van der Waals surface area contributed by atoms with Crippen molar-refractivity contribution < 1.29 is 4.52 Å². The van der Waals surface area contributed by atoms with Gasteiger partial charge in [0.25, 0.3) is 0 Å². The first-order chi connectivity index (χ1) is 11.1. The van der Waals surface area contributed by atoms with Crippen LogP contribution in [0.15, 0.2) is 9.52 Å². The Balaban J connectivity index is 1.70. The molecule has 0 bridgehead atoms. The molecule has 6 heteroatoms. The van der Waals surface area contributed by atoms with Crippen molar-refractivity contribution in [1.29, 1.82) is 0 Å². The van der Waals surface area contributed by atoms with Gasteiger partial charge in [0.15, 0.2) is 11.8 Å². The van der Waals surface area contributed by atoms with Crippen LogP contribution in [-0.4, -0.2) is 35.7 Å². The van der Waals surface area contributed by atoms with Gasteiger partial charge in [-0.05, 0) is 31.6 Å². The summed E-state index contributed by atoms with van der Waals surface area (Å²) in [7, 11) is 1.82. The molecule has 1 aromatic rings. The van der Waals surface area contributed by atoms with Gasteiger partial charge in [-0.3, -0.25) is 4.99 Å². The average Bonchev–Trinajstić information content (AvgIpc) is 3.03. The molecule has 1 aromatic heterocycles. The van der Waals surface area contributed by atoms with Crippen LogP contribution in [0.1, 0.15) is 70.5 Å². The Morgan fingerprint density at radius 3 is 2.61 bits per heavy atom. The fourth-order valence-electron chi connectivity index (χ4n) is 2.99. The van der Waals surface area contributed by atoms with Gasteiger partial charge in [0, 0.05) is 32.0 Å². The second kappa shape index (κ2) is 8.89.